The van der Waals surface area contributed by atoms with Crippen LogP contribution in [0.25, 0.3) is 0 Å². The van der Waals surface area contributed by atoms with E-state index in [0.717, 1.165) is 0 Å². The quantitative estimate of drug-likeness (QED) is 0.361. The standard InChI is InChI=1S/C2H6O2Si/c1-4-2(3)5/h1,5H3. The first kappa shape index (κ1) is 4.69. The van der Waals surface area contributed by atoms with Gasteiger partial charge in [0.05, 0.1) is 7.11 Å². The summed E-state index contributed by atoms with van der Waals surface area (Å²) in [6.07, 6.45) is 0. The molecule has 0 aromatic heterocycles. The highest BCUT2D eigenvalue weighted by Gasteiger charge is 1.75. The van der Waals surface area contributed by atoms with Crippen LogP contribution in [0.2, 0.25) is 0 Å². The summed E-state index contributed by atoms with van der Waals surface area (Å²) in [7, 11) is 1.89. The maximum absolute atomic E-state index is 9.65. The molecule has 0 aliphatic rings. The zero-order chi connectivity index (χ0) is 4.28. The van der Waals surface area contributed by atoms with Gasteiger partial charge in [0.25, 0.3) is 5.59 Å². The largest absolute Gasteiger partial charge is 0.474 e. The van der Waals surface area contributed by atoms with Gasteiger partial charge < -0.3 is 4.74 Å². The molecule has 0 aliphatic carbocycles. The van der Waals surface area contributed by atoms with Gasteiger partial charge in [-0.1, -0.05) is 0 Å². The summed E-state index contributed by atoms with van der Waals surface area (Å²) in [6.45, 7) is 0. The molecule has 3 heteroatoms. The molecule has 0 aliphatic heterocycles. The second-order valence-corrected chi connectivity index (χ2v) is 1.51. The van der Waals surface area contributed by atoms with Crippen molar-refractivity contribution >= 4 is 15.8 Å². The zero-order valence-electron chi connectivity index (χ0n) is 3.32. The third-order valence-corrected chi connectivity index (χ3v) is 0.696. The van der Waals surface area contributed by atoms with E-state index >= 15 is 0 Å². The van der Waals surface area contributed by atoms with Crippen molar-refractivity contribution in [2.24, 2.45) is 0 Å². The van der Waals surface area contributed by atoms with Gasteiger partial charge in [-0.15, -0.1) is 0 Å². The molecule has 0 bridgehead atoms. The van der Waals surface area contributed by atoms with E-state index in [2.05, 4.69) is 4.74 Å². The van der Waals surface area contributed by atoms with E-state index in [4.69, 9.17) is 0 Å². The van der Waals surface area contributed by atoms with Crippen LogP contribution < -0.4 is 0 Å². The minimum Gasteiger partial charge on any atom is -0.474 e. The first-order valence-electron chi connectivity index (χ1n) is 1.32. The number of hydrogen-bond acceptors (Lipinski definition) is 2. The van der Waals surface area contributed by atoms with Gasteiger partial charge in [-0.3, -0.25) is 4.79 Å². The van der Waals surface area contributed by atoms with E-state index in [1.807, 2.05) is 0 Å². The molecule has 2 nitrogen and oxygen atoms in total. The van der Waals surface area contributed by atoms with Gasteiger partial charge in [0.2, 0.25) is 0 Å². The lowest BCUT2D eigenvalue weighted by atomic mass is 11.5. The number of methoxy groups -OCH3 is 1. The fraction of sp³-hybridized carbons (Fsp3) is 0.500. The maximum atomic E-state index is 9.65. The van der Waals surface area contributed by atoms with E-state index in [1.54, 1.807) is 0 Å². The fourth-order valence-corrected chi connectivity index (χ4v) is 0. The monoisotopic (exact) mass is 90.0 g/mol. The van der Waals surface area contributed by atoms with Crippen molar-refractivity contribution in [1.29, 1.82) is 0 Å². The van der Waals surface area contributed by atoms with E-state index in [-0.39, 0.29) is 5.59 Å². The SMILES string of the molecule is COC(=O)[SiH3]. The van der Waals surface area contributed by atoms with E-state index in [0.29, 0.717) is 10.2 Å². The van der Waals surface area contributed by atoms with E-state index in [9.17, 15) is 4.79 Å². The summed E-state index contributed by atoms with van der Waals surface area (Å²) in [5, 5.41) is 0. The Morgan fingerprint density at radius 3 is 2.20 bits per heavy atom. The van der Waals surface area contributed by atoms with Gasteiger partial charge >= 0.3 is 0 Å². The predicted octanol–water partition coefficient (Wildman–Crippen LogP) is -0.882. The van der Waals surface area contributed by atoms with Crippen molar-refractivity contribution in [1.82, 2.24) is 0 Å². The van der Waals surface area contributed by atoms with E-state index < -0.39 is 0 Å². The molecule has 0 rings (SSSR count). The molecule has 0 atom stereocenters. The van der Waals surface area contributed by atoms with Crippen molar-refractivity contribution in [2.45, 2.75) is 0 Å². The fourth-order valence-electron chi connectivity index (χ4n) is 0. The lowest BCUT2D eigenvalue weighted by molar-refractivity contribution is 0.198. The van der Waals surface area contributed by atoms with Crippen LogP contribution in [0, 0.1) is 0 Å². The molecule has 0 aromatic carbocycles. The topological polar surface area (TPSA) is 26.3 Å². The number of carbonyl (C=O) groups is 1. The predicted molar refractivity (Wildman–Crippen MR) is 22.3 cm³/mol. The van der Waals surface area contributed by atoms with Crippen molar-refractivity contribution in [2.75, 3.05) is 7.11 Å². The van der Waals surface area contributed by atoms with Gasteiger partial charge in [-0.05, 0) is 0 Å². The molecule has 0 amide bonds. The molecular weight excluding hydrogens is 84.1 g/mol. The lowest BCUT2D eigenvalue weighted by Crippen LogP contribution is -1.92. The molecule has 30 valence electrons. The summed E-state index contributed by atoms with van der Waals surface area (Å²) in [6, 6.07) is 0. The second kappa shape index (κ2) is 1.96. The van der Waals surface area contributed by atoms with Crippen LogP contribution in [-0.4, -0.2) is 22.9 Å². The number of ether oxygens (including phenoxy) is 1. The molecule has 0 heterocycles. The summed E-state index contributed by atoms with van der Waals surface area (Å²) in [5.41, 5.74) is -0.106. The second-order valence-electron chi connectivity index (χ2n) is 0.696. The van der Waals surface area contributed by atoms with Gasteiger partial charge in [-0.2, -0.15) is 0 Å². The first-order chi connectivity index (χ1) is 2.27. The van der Waals surface area contributed by atoms with Crippen molar-refractivity contribution < 1.29 is 9.53 Å². The Kier molecular flexibility index (Phi) is 1.84. The first-order valence-corrected chi connectivity index (χ1v) is 2.32. The third-order valence-electron chi connectivity index (χ3n) is 0.287. The lowest BCUT2D eigenvalue weighted by Gasteiger charge is -1.81. The highest BCUT2D eigenvalue weighted by atomic mass is 28.1. The molecule has 0 radical (unpaired) electrons. The molecule has 5 heavy (non-hydrogen) atoms. The van der Waals surface area contributed by atoms with Gasteiger partial charge in [0.15, 0.2) is 0 Å². The van der Waals surface area contributed by atoms with Gasteiger partial charge in [-0.25, -0.2) is 0 Å². The van der Waals surface area contributed by atoms with Crippen molar-refractivity contribution in [3.05, 3.63) is 0 Å². The van der Waals surface area contributed by atoms with E-state index in [1.165, 1.54) is 7.11 Å². The highest BCUT2D eigenvalue weighted by molar-refractivity contribution is 6.55. The Hall–Kier alpha value is -0.313. The average Bonchev–Trinajstić information content (AvgIpc) is 1.38. The summed E-state index contributed by atoms with van der Waals surface area (Å²) < 4.78 is 4.17. The van der Waals surface area contributed by atoms with Crippen molar-refractivity contribution in [3.63, 3.8) is 0 Å². The molecular formula is C2H6O2Si. The Balaban J connectivity index is 2.85. The van der Waals surface area contributed by atoms with Crippen LogP contribution in [0.4, 0.5) is 4.79 Å². The number of hydrogen-bond donors (Lipinski definition) is 0. The molecule has 0 saturated carbocycles. The minimum absolute atomic E-state index is 0.106. The Morgan fingerprint density at radius 1 is 2.00 bits per heavy atom. The van der Waals surface area contributed by atoms with Crippen molar-refractivity contribution in [3.8, 4) is 0 Å². The number of rotatable bonds is 0. The van der Waals surface area contributed by atoms with Crippen LogP contribution in [0.15, 0.2) is 0 Å². The van der Waals surface area contributed by atoms with Gasteiger partial charge in [0.1, 0.15) is 10.2 Å². The normalized spacial score (nSPS) is 7.40. The van der Waals surface area contributed by atoms with Gasteiger partial charge in [0, 0.05) is 0 Å². The molecule has 0 fully saturated rings. The summed E-state index contributed by atoms with van der Waals surface area (Å²) in [5.74, 6) is 0. The molecule has 0 N–H and O–H groups in total. The number of carbonyl (C=O) groups excluding carboxylic acids is 1. The minimum atomic E-state index is -0.106. The van der Waals surface area contributed by atoms with Crippen LogP contribution in [0.5, 0.6) is 0 Å². The summed E-state index contributed by atoms with van der Waals surface area (Å²) in [4.78, 5) is 9.65. The third kappa shape index (κ3) is 3.69. The van der Waals surface area contributed by atoms with Crippen LogP contribution in [0.1, 0.15) is 0 Å². The summed E-state index contributed by atoms with van der Waals surface area (Å²) >= 11 is 0. The molecule has 0 unspecified atom stereocenters. The smallest absolute Gasteiger partial charge is 0.260 e. The van der Waals surface area contributed by atoms with Crippen LogP contribution >= 0.6 is 0 Å². The zero-order valence-corrected chi connectivity index (χ0v) is 5.32. The molecule has 0 saturated heterocycles. The maximum Gasteiger partial charge on any atom is 0.260 e. The highest BCUT2D eigenvalue weighted by Crippen LogP contribution is 1.59. The Morgan fingerprint density at radius 2 is 2.20 bits per heavy atom. The Bertz CT molecular complexity index is 42.9. The molecule has 0 spiro atoms. The Labute approximate surface area is 33.6 Å². The average molecular weight is 90.2 g/mol. The van der Waals surface area contributed by atoms with Crippen LogP contribution in [-0.2, 0) is 4.74 Å². The molecule has 0 aromatic rings. The van der Waals surface area contributed by atoms with Crippen LogP contribution in [0.3, 0.4) is 0 Å².